The normalized spacial score (nSPS) is 11.4. The van der Waals surface area contributed by atoms with Gasteiger partial charge in [-0.3, -0.25) is 0 Å². The lowest BCUT2D eigenvalue weighted by Gasteiger charge is -2.09. The minimum atomic E-state index is 0.721. The molecular weight excluding hydrogens is 887 g/mol. The highest BCUT2D eigenvalue weighted by atomic mass is 127. The molecule has 6 aromatic carbocycles. The minimum absolute atomic E-state index is 0.721. The van der Waals surface area contributed by atoms with Crippen LogP contribution in [0.3, 0.4) is 0 Å². The van der Waals surface area contributed by atoms with Crippen molar-refractivity contribution < 1.29 is 0 Å². The number of halogens is 7. The fourth-order valence-corrected chi connectivity index (χ4v) is 7.23. The quantitative estimate of drug-likeness (QED) is 0.145. The van der Waals surface area contributed by atoms with E-state index in [1.807, 2.05) is 97.1 Å². The molecule has 224 valence electrons. The zero-order valence-corrected chi connectivity index (χ0v) is 31.7. The highest BCUT2D eigenvalue weighted by molar-refractivity contribution is 14.1. The fourth-order valence-electron chi connectivity index (χ4n) is 5.41. The van der Waals surface area contributed by atoms with Crippen molar-refractivity contribution in [3.8, 4) is 16.8 Å². The first-order valence-corrected chi connectivity index (χ1v) is 18.0. The van der Waals surface area contributed by atoms with Gasteiger partial charge < -0.3 is 4.57 Å². The molecule has 0 unspecified atom stereocenters. The second-order valence-corrected chi connectivity index (χ2v) is 14.9. The van der Waals surface area contributed by atoms with Crippen molar-refractivity contribution in [2.45, 2.75) is 6.42 Å². The summed E-state index contributed by atoms with van der Waals surface area (Å²) in [6, 6.07) is 40.3. The van der Waals surface area contributed by atoms with Crippen molar-refractivity contribution in [1.29, 1.82) is 0 Å². The molecule has 1 aliphatic carbocycles. The van der Waals surface area contributed by atoms with Gasteiger partial charge in [0, 0.05) is 43.4 Å². The van der Waals surface area contributed by atoms with E-state index in [1.54, 1.807) is 0 Å². The standard InChI is InChI=1S/C18H10BrCl2N.C13H8Cl2.C6H4BrI/c19-15-3-1-2-4-18(15)22-16-7-5-11(20)9-13(16)14-10-12(21)6-8-17(14)22;14-10-3-1-8-5-9-2-4-11(15)7-13(9)12(8)6-10;7-5-3-1-2-4-6(5)8/h1-10H;1-4,6-7H,5H2;1-4H. The summed E-state index contributed by atoms with van der Waals surface area (Å²) >= 11 is 33.7. The zero-order chi connectivity index (χ0) is 31.7. The van der Waals surface area contributed by atoms with Crippen LogP contribution in [0.1, 0.15) is 11.1 Å². The Morgan fingerprint density at radius 3 is 1.42 bits per heavy atom. The van der Waals surface area contributed by atoms with E-state index < -0.39 is 0 Å². The molecule has 0 atom stereocenters. The average Bonchev–Trinajstić information content (AvgIpc) is 3.53. The average molecular weight is 909 g/mol. The third-order valence-corrected chi connectivity index (χ3v) is 11.4. The van der Waals surface area contributed by atoms with Gasteiger partial charge in [0.25, 0.3) is 0 Å². The predicted octanol–water partition coefficient (Wildman–Crippen LogP) is 14.5. The van der Waals surface area contributed by atoms with Crippen LogP contribution in [0.25, 0.3) is 38.6 Å². The van der Waals surface area contributed by atoms with Gasteiger partial charge in [-0.05, 0) is 168 Å². The Labute approximate surface area is 312 Å². The molecule has 7 aromatic rings. The van der Waals surface area contributed by atoms with Gasteiger partial charge in [-0.1, -0.05) is 82.8 Å². The van der Waals surface area contributed by atoms with Gasteiger partial charge in [-0.25, -0.2) is 0 Å². The number of rotatable bonds is 1. The maximum Gasteiger partial charge on any atom is 0.0604 e. The summed E-state index contributed by atoms with van der Waals surface area (Å²) in [5.41, 5.74) is 8.41. The zero-order valence-electron chi connectivity index (χ0n) is 23.3. The SMILES string of the molecule is Brc1ccccc1I.Clc1ccc2c(c1)-c1cc(Cl)ccc1C2.Clc1ccc2c(c1)c1cc(Cl)ccc1n2-c1ccccc1Br. The van der Waals surface area contributed by atoms with Crippen LogP contribution in [-0.4, -0.2) is 4.57 Å². The summed E-state index contributed by atoms with van der Waals surface area (Å²) in [6.45, 7) is 0. The monoisotopic (exact) mass is 905 g/mol. The van der Waals surface area contributed by atoms with Crippen LogP contribution in [-0.2, 0) is 6.42 Å². The lowest BCUT2D eigenvalue weighted by Crippen LogP contribution is -1.94. The van der Waals surface area contributed by atoms with Gasteiger partial charge in [0.1, 0.15) is 0 Å². The van der Waals surface area contributed by atoms with E-state index in [4.69, 9.17) is 46.4 Å². The highest BCUT2D eigenvalue weighted by Crippen LogP contribution is 2.39. The molecule has 0 spiro atoms. The molecule has 0 aliphatic heterocycles. The molecule has 45 heavy (non-hydrogen) atoms. The molecular formula is C37H22Br2Cl4IN. The van der Waals surface area contributed by atoms with E-state index in [0.29, 0.717) is 0 Å². The van der Waals surface area contributed by atoms with Gasteiger partial charge in [0.2, 0.25) is 0 Å². The van der Waals surface area contributed by atoms with E-state index >= 15 is 0 Å². The van der Waals surface area contributed by atoms with Gasteiger partial charge in [0.15, 0.2) is 0 Å². The molecule has 1 aliphatic rings. The molecule has 1 heterocycles. The number of benzene rings is 6. The van der Waals surface area contributed by atoms with E-state index in [-0.39, 0.29) is 0 Å². The Hall–Kier alpha value is -2.03. The summed E-state index contributed by atoms with van der Waals surface area (Å²) in [6.07, 6.45) is 0.985. The van der Waals surface area contributed by atoms with E-state index in [0.717, 1.165) is 58.5 Å². The number of para-hydroxylation sites is 1. The lowest BCUT2D eigenvalue weighted by atomic mass is 10.1. The van der Waals surface area contributed by atoms with Crippen molar-refractivity contribution in [3.05, 3.63) is 165 Å². The fraction of sp³-hybridized carbons (Fsp3) is 0.0270. The first kappa shape index (κ1) is 32.9. The Morgan fingerprint density at radius 2 is 0.956 bits per heavy atom. The van der Waals surface area contributed by atoms with Gasteiger partial charge in [-0.15, -0.1) is 0 Å². The second kappa shape index (κ2) is 14.4. The van der Waals surface area contributed by atoms with Crippen LogP contribution in [0.15, 0.2) is 130 Å². The molecule has 1 aromatic heterocycles. The first-order chi connectivity index (χ1) is 21.7. The topological polar surface area (TPSA) is 4.93 Å². The third-order valence-electron chi connectivity index (χ3n) is 7.42. The molecule has 0 radical (unpaired) electrons. The van der Waals surface area contributed by atoms with Crippen molar-refractivity contribution in [3.63, 3.8) is 0 Å². The van der Waals surface area contributed by atoms with Crippen LogP contribution < -0.4 is 0 Å². The number of aromatic nitrogens is 1. The van der Waals surface area contributed by atoms with Crippen LogP contribution in [0, 0.1) is 3.57 Å². The molecule has 0 fully saturated rings. The number of fused-ring (bicyclic) bond motifs is 6. The Kier molecular flexibility index (Phi) is 10.5. The third kappa shape index (κ3) is 7.28. The lowest BCUT2D eigenvalue weighted by molar-refractivity contribution is 1.17. The van der Waals surface area contributed by atoms with Gasteiger partial charge >= 0.3 is 0 Å². The van der Waals surface area contributed by atoms with Crippen molar-refractivity contribution in [2.75, 3.05) is 0 Å². The summed E-state index contributed by atoms with van der Waals surface area (Å²) in [5.74, 6) is 0. The van der Waals surface area contributed by atoms with Crippen LogP contribution >= 0.6 is 101 Å². The largest absolute Gasteiger partial charge is 0.308 e. The van der Waals surface area contributed by atoms with Gasteiger partial charge in [-0.2, -0.15) is 0 Å². The predicted molar refractivity (Wildman–Crippen MR) is 210 cm³/mol. The van der Waals surface area contributed by atoms with E-state index in [9.17, 15) is 0 Å². The van der Waals surface area contributed by atoms with Gasteiger partial charge in [0.05, 0.1) is 16.7 Å². The van der Waals surface area contributed by atoms with E-state index in [2.05, 4.69) is 83.3 Å². The molecule has 0 saturated heterocycles. The molecule has 1 nitrogen and oxygen atoms in total. The maximum absolute atomic E-state index is 6.19. The minimum Gasteiger partial charge on any atom is -0.308 e. The van der Waals surface area contributed by atoms with Crippen LogP contribution in [0.5, 0.6) is 0 Å². The summed E-state index contributed by atoms with van der Waals surface area (Å²) in [5, 5.41) is 5.20. The highest BCUT2D eigenvalue weighted by Gasteiger charge is 2.18. The molecule has 0 amide bonds. The van der Waals surface area contributed by atoms with Crippen LogP contribution in [0.2, 0.25) is 20.1 Å². The Morgan fingerprint density at radius 1 is 0.511 bits per heavy atom. The number of nitrogens with zero attached hydrogens (tertiary/aromatic N) is 1. The van der Waals surface area contributed by atoms with Crippen molar-refractivity contribution in [2.24, 2.45) is 0 Å². The number of hydrogen-bond donors (Lipinski definition) is 0. The molecule has 8 heteroatoms. The summed E-state index contributed by atoms with van der Waals surface area (Å²) in [4.78, 5) is 0. The first-order valence-electron chi connectivity index (χ1n) is 13.8. The second-order valence-electron chi connectivity index (χ2n) is 10.3. The van der Waals surface area contributed by atoms with Crippen molar-refractivity contribution >= 4 is 123 Å². The van der Waals surface area contributed by atoms with Crippen molar-refractivity contribution in [1.82, 2.24) is 4.57 Å². The maximum atomic E-state index is 6.19. The van der Waals surface area contributed by atoms with Crippen LogP contribution in [0.4, 0.5) is 0 Å². The molecule has 0 saturated carbocycles. The molecule has 8 rings (SSSR count). The smallest absolute Gasteiger partial charge is 0.0604 e. The molecule has 0 bridgehead atoms. The summed E-state index contributed by atoms with van der Waals surface area (Å²) < 4.78 is 5.69. The Bertz CT molecular complexity index is 2060. The Balaban J connectivity index is 0.000000134. The van der Waals surface area contributed by atoms with E-state index in [1.165, 1.54) is 30.3 Å². The number of hydrogen-bond acceptors (Lipinski definition) is 0. The summed E-state index contributed by atoms with van der Waals surface area (Å²) in [7, 11) is 0. The molecule has 0 N–H and O–H groups in total.